The summed E-state index contributed by atoms with van der Waals surface area (Å²) >= 11 is 0. The topological polar surface area (TPSA) is 56.2 Å². The van der Waals surface area contributed by atoms with Crippen LogP contribution in [-0.4, -0.2) is 33.8 Å². The standard InChI is InChI=1S/C13H21N3O2/c1-13(2,3)18-12(17)16-8-11(15-9-16)7-10-5-4-6-14-10/h8-10,14H,4-7H2,1-3H3. The Kier molecular flexibility index (Phi) is 3.71. The van der Waals surface area contributed by atoms with Gasteiger partial charge >= 0.3 is 6.09 Å². The molecule has 1 aromatic rings. The van der Waals surface area contributed by atoms with Crippen molar-refractivity contribution in [3.05, 3.63) is 18.2 Å². The predicted molar refractivity (Wildman–Crippen MR) is 68.6 cm³/mol. The van der Waals surface area contributed by atoms with Crippen molar-refractivity contribution in [3.63, 3.8) is 0 Å². The SMILES string of the molecule is CC(C)(C)OC(=O)n1cnc(CC2CCCN2)c1. The molecule has 1 atom stereocenters. The van der Waals surface area contributed by atoms with Gasteiger partial charge in [0.05, 0.1) is 5.69 Å². The van der Waals surface area contributed by atoms with E-state index in [0.717, 1.165) is 18.7 Å². The zero-order valence-electron chi connectivity index (χ0n) is 11.3. The minimum atomic E-state index is -0.478. The highest BCUT2D eigenvalue weighted by Crippen LogP contribution is 2.12. The van der Waals surface area contributed by atoms with Crippen molar-refractivity contribution in [1.82, 2.24) is 14.9 Å². The average Bonchev–Trinajstić information content (AvgIpc) is 2.86. The van der Waals surface area contributed by atoms with E-state index in [2.05, 4.69) is 10.3 Å². The molecule has 18 heavy (non-hydrogen) atoms. The van der Waals surface area contributed by atoms with E-state index in [1.165, 1.54) is 23.7 Å². The molecule has 1 aliphatic rings. The monoisotopic (exact) mass is 251 g/mol. The molecular weight excluding hydrogens is 230 g/mol. The highest BCUT2D eigenvalue weighted by molar-refractivity contribution is 5.70. The van der Waals surface area contributed by atoms with E-state index in [-0.39, 0.29) is 6.09 Å². The van der Waals surface area contributed by atoms with Crippen LogP contribution in [0.3, 0.4) is 0 Å². The summed E-state index contributed by atoms with van der Waals surface area (Å²) in [6.45, 7) is 6.64. The summed E-state index contributed by atoms with van der Waals surface area (Å²) in [5, 5.41) is 3.42. The van der Waals surface area contributed by atoms with Gasteiger partial charge in [0.25, 0.3) is 0 Å². The second kappa shape index (κ2) is 5.10. The van der Waals surface area contributed by atoms with Crippen molar-refractivity contribution in [3.8, 4) is 0 Å². The quantitative estimate of drug-likeness (QED) is 0.873. The molecular formula is C13H21N3O2. The fraction of sp³-hybridized carbons (Fsp3) is 0.692. The van der Waals surface area contributed by atoms with Crippen LogP contribution in [0.1, 0.15) is 39.3 Å². The van der Waals surface area contributed by atoms with Crippen LogP contribution in [0.15, 0.2) is 12.5 Å². The Morgan fingerprint density at radius 1 is 1.61 bits per heavy atom. The number of carbonyl (C=O) groups excluding carboxylic acids is 1. The highest BCUT2D eigenvalue weighted by atomic mass is 16.6. The minimum Gasteiger partial charge on any atom is -0.443 e. The van der Waals surface area contributed by atoms with Crippen molar-refractivity contribution in [1.29, 1.82) is 0 Å². The van der Waals surface area contributed by atoms with E-state index in [1.807, 2.05) is 20.8 Å². The second-order valence-electron chi connectivity index (χ2n) is 5.75. The van der Waals surface area contributed by atoms with Gasteiger partial charge in [-0.1, -0.05) is 0 Å². The lowest BCUT2D eigenvalue weighted by atomic mass is 10.1. The number of imidazole rings is 1. The Bertz CT molecular complexity index is 414. The molecule has 5 nitrogen and oxygen atoms in total. The Hall–Kier alpha value is -1.36. The lowest BCUT2D eigenvalue weighted by Crippen LogP contribution is -2.26. The van der Waals surface area contributed by atoms with E-state index in [0.29, 0.717) is 6.04 Å². The number of hydrogen-bond donors (Lipinski definition) is 1. The molecule has 0 saturated carbocycles. The predicted octanol–water partition coefficient (Wildman–Crippen LogP) is 1.96. The lowest BCUT2D eigenvalue weighted by Gasteiger charge is -2.19. The largest absolute Gasteiger partial charge is 0.443 e. The number of rotatable bonds is 2. The third-order valence-electron chi connectivity index (χ3n) is 2.86. The second-order valence-corrected chi connectivity index (χ2v) is 5.75. The molecule has 0 radical (unpaired) electrons. The third kappa shape index (κ3) is 3.57. The molecule has 1 aliphatic heterocycles. The summed E-state index contributed by atoms with van der Waals surface area (Å²) < 4.78 is 6.69. The summed E-state index contributed by atoms with van der Waals surface area (Å²) in [7, 11) is 0. The first-order chi connectivity index (χ1) is 8.44. The van der Waals surface area contributed by atoms with Gasteiger partial charge in [-0.3, -0.25) is 0 Å². The molecule has 1 fully saturated rings. The summed E-state index contributed by atoms with van der Waals surface area (Å²) in [6, 6.07) is 0.493. The maximum Gasteiger partial charge on any atom is 0.419 e. The summed E-state index contributed by atoms with van der Waals surface area (Å²) in [6.07, 6.45) is 6.18. The summed E-state index contributed by atoms with van der Waals surface area (Å²) in [5.41, 5.74) is 0.453. The first-order valence-electron chi connectivity index (χ1n) is 6.44. The number of hydrogen-bond acceptors (Lipinski definition) is 4. The molecule has 1 unspecified atom stereocenters. The molecule has 0 aromatic carbocycles. The number of nitrogens with zero attached hydrogens (tertiary/aromatic N) is 2. The lowest BCUT2D eigenvalue weighted by molar-refractivity contribution is 0.0536. The molecule has 0 bridgehead atoms. The van der Waals surface area contributed by atoms with Gasteiger partial charge in [0.15, 0.2) is 0 Å². The van der Waals surface area contributed by atoms with Crippen LogP contribution in [0, 0.1) is 0 Å². The molecule has 1 aromatic heterocycles. The Labute approximate surface area is 108 Å². The van der Waals surface area contributed by atoms with E-state index < -0.39 is 5.60 Å². The molecule has 2 heterocycles. The summed E-state index contributed by atoms with van der Waals surface area (Å²) in [4.78, 5) is 16.0. The van der Waals surface area contributed by atoms with E-state index in [9.17, 15) is 4.79 Å². The maximum atomic E-state index is 11.8. The van der Waals surface area contributed by atoms with Gasteiger partial charge in [-0.25, -0.2) is 14.3 Å². The first kappa shape index (κ1) is 13.1. The molecule has 1 N–H and O–H groups in total. The Morgan fingerprint density at radius 3 is 3.00 bits per heavy atom. The molecule has 5 heteroatoms. The molecule has 1 saturated heterocycles. The van der Waals surface area contributed by atoms with Crippen molar-refractivity contribution >= 4 is 6.09 Å². The zero-order valence-corrected chi connectivity index (χ0v) is 11.3. The van der Waals surface area contributed by atoms with Crippen LogP contribution in [0.2, 0.25) is 0 Å². The molecule has 0 spiro atoms. The number of aromatic nitrogens is 2. The van der Waals surface area contributed by atoms with E-state index >= 15 is 0 Å². The van der Waals surface area contributed by atoms with Crippen molar-refractivity contribution in [2.24, 2.45) is 0 Å². The van der Waals surface area contributed by atoms with Gasteiger partial charge in [0.1, 0.15) is 11.9 Å². The van der Waals surface area contributed by atoms with Gasteiger partial charge in [-0.15, -0.1) is 0 Å². The molecule has 0 aliphatic carbocycles. The normalized spacial score (nSPS) is 20.1. The van der Waals surface area contributed by atoms with Crippen molar-refractivity contribution in [2.45, 2.75) is 51.7 Å². The third-order valence-corrected chi connectivity index (χ3v) is 2.86. The number of carbonyl (C=O) groups is 1. The van der Waals surface area contributed by atoms with Crippen LogP contribution >= 0.6 is 0 Å². The van der Waals surface area contributed by atoms with Crippen LogP contribution < -0.4 is 5.32 Å². The molecule has 0 amide bonds. The van der Waals surface area contributed by atoms with Crippen molar-refractivity contribution < 1.29 is 9.53 Å². The van der Waals surface area contributed by atoms with Gasteiger partial charge in [-0.2, -0.15) is 0 Å². The first-order valence-corrected chi connectivity index (χ1v) is 6.44. The smallest absolute Gasteiger partial charge is 0.419 e. The fourth-order valence-corrected chi connectivity index (χ4v) is 2.07. The minimum absolute atomic E-state index is 0.374. The Balaban J connectivity index is 1.94. The van der Waals surface area contributed by atoms with Crippen LogP contribution in [0.25, 0.3) is 0 Å². The van der Waals surface area contributed by atoms with E-state index in [4.69, 9.17) is 4.74 Å². The molecule has 100 valence electrons. The average molecular weight is 251 g/mol. The van der Waals surface area contributed by atoms with Crippen molar-refractivity contribution in [2.75, 3.05) is 6.54 Å². The van der Waals surface area contributed by atoms with Crippen LogP contribution in [-0.2, 0) is 11.2 Å². The van der Waals surface area contributed by atoms with Crippen LogP contribution in [0.5, 0.6) is 0 Å². The highest BCUT2D eigenvalue weighted by Gasteiger charge is 2.19. The number of nitrogens with one attached hydrogen (secondary N) is 1. The van der Waals surface area contributed by atoms with Crippen LogP contribution in [0.4, 0.5) is 4.79 Å². The Morgan fingerprint density at radius 2 is 2.39 bits per heavy atom. The van der Waals surface area contributed by atoms with E-state index in [1.54, 1.807) is 6.20 Å². The summed E-state index contributed by atoms with van der Waals surface area (Å²) in [5.74, 6) is 0. The fourth-order valence-electron chi connectivity index (χ4n) is 2.07. The van der Waals surface area contributed by atoms with Gasteiger partial charge < -0.3 is 10.1 Å². The van der Waals surface area contributed by atoms with Gasteiger partial charge in [0.2, 0.25) is 0 Å². The van der Waals surface area contributed by atoms with Gasteiger partial charge in [0, 0.05) is 18.7 Å². The zero-order chi connectivity index (χ0) is 13.2. The van der Waals surface area contributed by atoms with Gasteiger partial charge in [-0.05, 0) is 40.2 Å². The maximum absolute atomic E-state index is 11.8. The number of ether oxygens (including phenoxy) is 1. The molecule has 2 rings (SSSR count).